The number of anilines is 1. The van der Waals surface area contributed by atoms with Crippen LogP contribution in [0.3, 0.4) is 0 Å². The van der Waals surface area contributed by atoms with Gasteiger partial charge < -0.3 is 4.90 Å². The van der Waals surface area contributed by atoms with Gasteiger partial charge in [0, 0.05) is 30.5 Å². The lowest BCUT2D eigenvalue weighted by molar-refractivity contribution is 0.385. The molecule has 2 unspecified atom stereocenters. The molecule has 4 heteroatoms. The van der Waals surface area contributed by atoms with Crippen molar-refractivity contribution in [2.45, 2.75) is 38.6 Å². The van der Waals surface area contributed by atoms with Gasteiger partial charge in [0.1, 0.15) is 0 Å². The minimum atomic E-state index is 0.478. The topological polar surface area (TPSA) is 29.0 Å². The van der Waals surface area contributed by atoms with E-state index in [1.54, 1.807) is 0 Å². The number of hydrogen-bond acceptors (Lipinski definition) is 3. The molecule has 1 saturated heterocycles. The fourth-order valence-electron chi connectivity index (χ4n) is 2.13. The number of halogens is 1. The van der Waals surface area contributed by atoms with Gasteiger partial charge in [-0.1, -0.05) is 6.92 Å². The first-order valence-corrected chi connectivity index (χ1v) is 6.37. The Bertz CT molecular complexity index is 339. The predicted molar refractivity (Wildman–Crippen MR) is 66.8 cm³/mol. The van der Waals surface area contributed by atoms with Crippen LogP contribution in [-0.4, -0.2) is 22.6 Å². The summed E-state index contributed by atoms with van der Waals surface area (Å²) < 4.78 is 0. The Kier molecular flexibility index (Phi) is 3.64. The van der Waals surface area contributed by atoms with Crippen LogP contribution in [0.15, 0.2) is 12.4 Å². The van der Waals surface area contributed by atoms with Crippen molar-refractivity contribution in [2.24, 2.45) is 5.92 Å². The summed E-state index contributed by atoms with van der Waals surface area (Å²) in [6, 6.07) is 0.540. The van der Waals surface area contributed by atoms with Crippen molar-refractivity contribution in [2.75, 3.05) is 11.4 Å². The molecular weight excluding hydrogens is 222 g/mol. The molecule has 0 aliphatic carbocycles. The van der Waals surface area contributed by atoms with Crippen LogP contribution in [0.2, 0.25) is 0 Å². The molecule has 2 heterocycles. The summed E-state index contributed by atoms with van der Waals surface area (Å²) in [7, 11) is 0. The first-order valence-electron chi connectivity index (χ1n) is 5.84. The van der Waals surface area contributed by atoms with Crippen LogP contribution in [-0.2, 0) is 5.88 Å². The smallest absolute Gasteiger partial charge is 0.225 e. The van der Waals surface area contributed by atoms with Gasteiger partial charge in [-0.05, 0) is 25.7 Å². The summed E-state index contributed by atoms with van der Waals surface area (Å²) in [6.07, 6.45) is 6.17. The summed E-state index contributed by atoms with van der Waals surface area (Å²) in [5.41, 5.74) is 0.975. The van der Waals surface area contributed by atoms with Gasteiger partial charge in [0.15, 0.2) is 0 Å². The van der Waals surface area contributed by atoms with Crippen LogP contribution in [0.25, 0.3) is 0 Å². The number of aromatic nitrogens is 2. The van der Waals surface area contributed by atoms with Crippen LogP contribution in [0, 0.1) is 5.92 Å². The molecule has 0 amide bonds. The number of alkyl halides is 1. The Balaban J connectivity index is 2.15. The number of hydrogen-bond donors (Lipinski definition) is 0. The highest BCUT2D eigenvalue weighted by atomic mass is 35.5. The minimum Gasteiger partial charge on any atom is -0.338 e. The maximum absolute atomic E-state index is 5.72. The van der Waals surface area contributed by atoms with Gasteiger partial charge in [-0.2, -0.15) is 0 Å². The molecule has 1 fully saturated rings. The molecule has 16 heavy (non-hydrogen) atoms. The maximum Gasteiger partial charge on any atom is 0.225 e. The Morgan fingerprint density at radius 3 is 2.62 bits per heavy atom. The van der Waals surface area contributed by atoms with E-state index in [1.807, 2.05) is 12.4 Å². The quantitative estimate of drug-likeness (QED) is 0.744. The van der Waals surface area contributed by atoms with Gasteiger partial charge >= 0.3 is 0 Å². The average molecular weight is 240 g/mol. The van der Waals surface area contributed by atoms with Crippen LogP contribution >= 0.6 is 11.6 Å². The summed E-state index contributed by atoms with van der Waals surface area (Å²) >= 11 is 5.72. The standard InChI is InChI=1S/C12H18ClN3/c1-9-3-4-10(2)16(8-9)12-14-6-11(5-13)7-15-12/h6-7,9-10H,3-5,8H2,1-2H3. The fraction of sp³-hybridized carbons (Fsp3) is 0.667. The van der Waals surface area contributed by atoms with Crippen LogP contribution in [0.5, 0.6) is 0 Å². The van der Waals surface area contributed by atoms with Crippen molar-refractivity contribution in [3.8, 4) is 0 Å². The SMILES string of the molecule is CC1CCC(C)N(c2ncc(CCl)cn2)C1. The molecule has 0 radical (unpaired) electrons. The Hall–Kier alpha value is -0.830. The molecule has 0 N–H and O–H groups in total. The zero-order valence-electron chi connectivity index (χ0n) is 9.86. The van der Waals surface area contributed by atoms with Crippen molar-refractivity contribution in [1.29, 1.82) is 0 Å². The molecule has 3 nitrogen and oxygen atoms in total. The van der Waals surface area contributed by atoms with Crippen LogP contribution in [0.1, 0.15) is 32.3 Å². The third-order valence-corrected chi connectivity index (χ3v) is 3.53. The highest BCUT2D eigenvalue weighted by molar-refractivity contribution is 6.17. The van der Waals surface area contributed by atoms with E-state index in [1.165, 1.54) is 12.8 Å². The first-order chi connectivity index (χ1) is 7.70. The predicted octanol–water partition coefficient (Wildman–Crippen LogP) is 2.84. The molecule has 0 bridgehead atoms. The molecule has 2 atom stereocenters. The van der Waals surface area contributed by atoms with E-state index in [0.29, 0.717) is 11.9 Å². The van der Waals surface area contributed by atoms with Gasteiger partial charge in [-0.25, -0.2) is 9.97 Å². The van der Waals surface area contributed by atoms with E-state index in [9.17, 15) is 0 Å². The van der Waals surface area contributed by atoms with Crippen molar-refractivity contribution in [3.63, 3.8) is 0 Å². The second-order valence-corrected chi connectivity index (χ2v) is 4.98. The van der Waals surface area contributed by atoms with E-state index in [4.69, 9.17) is 11.6 Å². The van der Waals surface area contributed by atoms with Crippen molar-refractivity contribution < 1.29 is 0 Å². The number of nitrogens with zero attached hydrogens (tertiary/aromatic N) is 3. The van der Waals surface area contributed by atoms with Gasteiger partial charge in [-0.15, -0.1) is 11.6 Å². The molecule has 1 aromatic rings. The average Bonchev–Trinajstić information content (AvgIpc) is 2.32. The Morgan fingerprint density at radius 1 is 1.31 bits per heavy atom. The molecule has 0 saturated carbocycles. The fourth-order valence-corrected chi connectivity index (χ4v) is 2.27. The highest BCUT2D eigenvalue weighted by Gasteiger charge is 2.24. The number of rotatable bonds is 2. The van der Waals surface area contributed by atoms with E-state index >= 15 is 0 Å². The van der Waals surface area contributed by atoms with Gasteiger partial charge in [0.05, 0.1) is 5.88 Å². The zero-order valence-corrected chi connectivity index (χ0v) is 10.6. The summed E-state index contributed by atoms with van der Waals surface area (Å²) in [5, 5.41) is 0. The van der Waals surface area contributed by atoms with Gasteiger partial charge in [0.25, 0.3) is 0 Å². The molecule has 88 valence electrons. The molecule has 0 aromatic carbocycles. The third-order valence-electron chi connectivity index (χ3n) is 3.22. The number of piperidine rings is 1. The Labute approximate surface area is 102 Å². The monoisotopic (exact) mass is 239 g/mol. The first kappa shape index (κ1) is 11.6. The molecule has 1 aliphatic heterocycles. The molecule has 1 aliphatic rings. The lowest BCUT2D eigenvalue weighted by Gasteiger charge is -2.36. The van der Waals surface area contributed by atoms with E-state index in [-0.39, 0.29) is 0 Å². The summed E-state index contributed by atoms with van der Waals surface area (Å²) in [6.45, 7) is 5.58. The molecule has 1 aromatic heterocycles. The third kappa shape index (κ3) is 2.46. The largest absolute Gasteiger partial charge is 0.338 e. The zero-order chi connectivity index (χ0) is 11.5. The van der Waals surface area contributed by atoms with Gasteiger partial charge in [-0.3, -0.25) is 0 Å². The summed E-state index contributed by atoms with van der Waals surface area (Å²) in [4.78, 5) is 11.1. The Morgan fingerprint density at radius 2 is 2.00 bits per heavy atom. The van der Waals surface area contributed by atoms with Crippen molar-refractivity contribution in [3.05, 3.63) is 18.0 Å². The van der Waals surface area contributed by atoms with Gasteiger partial charge in [0.2, 0.25) is 5.95 Å². The van der Waals surface area contributed by atoms with Crippen LogP contribution in [0.4, 0.5) is 5.95 Å². The lowest BCUT2D eigenvalue weighted by atomic mass is 9.95. The minimum absolute atomic E-state index is 0.478. The second-order valence-electron chi connectivity index (χ2n) is 4.71. The molecule has 0 spiro atoms. The van der Waals surface area contributed by atoms with Crippen molar-refractivity contribution >= 4 is 17.5 Å². The maximum atomic E-state index is 5.72. The normalized spacial score (nSPS) is 25.8. The van der Waals surface area contributed by atoms with E-state index < -0.39 is 0 Å². The van der Waals surface area contributed by atoms with Crippen LogP contribution < -0.4 is 4.90 Å². The van der Waals surface area contributed by atoms with Crippen molar-refractivity contribution in [1.82, 2.24) is 9.97 Å². The second kappa shape index (κ2) is 5.00. The highest BCUT2D eigenvalue weighted by Crippen LogP contribution is 2.24. The molecular formula is C12H18ClN3. The molecule has 2 rings (SSSR count). The lowest BCUT2D eigenvalue weighted by Crippen LogP contribution is -2.42. The van der Waals surface area contributed by atoms with E-state index in [0.717, 1.165) is 24.0 Å². The summed E-state index contributed by atoms with van der Waals surface area (Å²) in [5.74, 6) is 2.05. The van der Waals surface area contributed by atoms with E-state index in [2.05, 4.69) is 28.7 Å².